The maximum Gasteiger partial charge on any atom is 0.328 e. The fraction of sp³-hybridized carbons (Fsp3) is 0.385. The fourth-order valence-corrected chi connectivity index (χ4v) is 1.48. The van der Waals surface area contributed by atoms with Crippen molar-refractivity contribution in [3.8, 4) is 0 Å². The van der Waals surface area contributed by atoms with E-state index >= 15 is 0 Å². The third-order valence-corrected chi connectivity index (χ3v) is 2.85. The number of ether oxygens (including phenoxy) is 1. The van der Waals surface area contributed by atoms with Crippen LogP contribution in [0.5, 0.6) is 0 Å². The van der Waals surface area contributed by atoms with Gasteiger partial charge in [-0.25, -0.2) is 4.79 Å². The molecule has 0 radical (unpaired) electrons. The lowest BCUT2D eigenvalue weighted by Crippen LogP contribution is -2.41. The van der Waals surface area contributed by atoms with Crippen molar-refractivity contribution in [2.45, 2.75) is 19.4 Å². The quantitative estimate of drug-likeness (QED) is 0.634. The number of methoxy groups -OCH3 is 1. The van der Waals surface area contributed by atoms with E-state index in [2.05, 4.69) is 4.74 Å². The summed E-state index contributed by atoms with van der Waals surface area (Å²) in [6.45, 7) is 1.63. The van der Waals surface area contributed by atoms with Crippen LogP contribution < -0.4 is 5.73 Å². The Labute approximate surface area is 107 Å². The summed E-state index contributed by atoms with van der Waals surface area (Å²) < 4.78 is 4.60. The van der Waals surface area contributed by atoms with Crippen LogP contribution in [0.2, 0.25) is 0 Å². The second-order valence-corrected chi connectivity index (χ2v) is 4.12. The Bertz CT molecular complexity index is 428. The average Bonchev–Trinajstić information content (AvgIpc) is 2.38. The van der Waals surface area contributed by atoms with Gasteiger partial charge in [-0.3, -0.25) is 4.79 Å². The van der Waals surface area contributed by atoms with E-state index in [0.717, 1.165) is 5.56 Å². The molecule has 1 rings (SSSR count). The molecule has 2 N–H and O–H groups in total. The summed E-state index contributed by atoms with van der Waals surface area (Å²) in [4.78, 5) is 24.6. The van der Waals surface area contributed by atoms with Gasteiger partial charge in [0, 0.05) is 12.7 Å². The Balaban J connectivity index is 2.65. The number of nitrogens with zero attached hydrogens (tertiary/aromatic N) is 1. The second kappa shape index (κ2) is 6.05. The molecule has 0 saturated heterocycles. The number of rotatable bonds is 4. The van der Waals surface area contributed by atoms with Crippen LogP contribution in [0.4, 0.5) is 5.69 Å². The Morgan fingerprint density at radius 1 is 1.33 bits per heavy atom. The van der Waals surface area contributed by atoms with Crippen molar-refractivity contribution >= 4 is 17.6 Å². The largest absolute Gasteiger partial charge is 0.467 e. The van der Waals surface area contributed by atoms with Crippen molar-refractivity contribution in [2.24, 2.45) is 0 Å². The third kappa shape index (κ3) is 3.48. The standard InChI is InChI=1S/C13H18N2O3/c1-9(13(17)18-3)15(2)12(16)8-10-4-6-11(14)7-5-10/h4-7,9H,8,14H2,1-3H3. The number of likely N-dealkylation sites (N-methyl/N-ethyl adjacent to an activating group) is 1. The normalized spacial score (nSPS) is 11.7. The molecule has 0 aliphatic carbocycles. The van der Waals surface area contributed by atoms with Gasteiger partial charge in [0.05, 0.1) is 13.5 Å². The molecule has 1 amide bonds. The van der Waals surface area contributed by atoms with Gasteiger partial charge in [0.1, 0.15) is 6.04 Å². The first-order valence-corrected chi connectivity index (χ1v) is 5.63. The van der Waals surface area contributed by atoms with Crippen molar-refractivity contribution in [2.75, 3.05) is 19.9 Å². The van der Waals surface area contributed by atoms with Gasteiger partial charge in [-0.1, -0.05) is 12.1 Å². The molecule has 5 nitrogen and oxygen atoms in total. The van der Waals surface area contributed by atoms with E-state index in [4.69, 9.17) is 5.73 Å². The van der Waals surface area contributed by atoms with E-state index in [0.29, 0.717) is 5.69 Å². The van der Waals surface area contributed by atoms with Crippen LogP contribution in [0.15, 0.2) is 24.3 Å². The van der Waals surface area contributed by atoms with Gasteiger partial charge in [-0.2, -0.15) is 0 Å². The number of nitrogens with two attached hydrogens (primary N) is 1. The number of carbonyl (C=O) groups is 2. The summed E-state index contributed by atoms with van der Waals surface area (Å²) >= 11 is 0. The van der Waals surface area contributed by atoms with E-state index < -0.39 is 12.0 Å². The minimum absolute atomic E-state index is 0.141. The summed E-state index contributed by atoms with van der Waals surface area (Å²) in [5.74, 6) is -0.569. The lowest BCUT2D eigenvalue weighted by atomic mass is 10.1. The zero-order valence-electron chi connectivity index (χ0n) is 10.8. The van der Waals surface area contributed by atoms with E-state index in [-0.39, 0.29) is 12.3 Å². The van der Waals surface area contributed by atoms with Crippen molar-refractivity contribution in [1.29, 1.82) is 0 Å². The molecule has 0 fully saturated rings. The molecular weight excluding hydrogens is 232 g/mol. The Kier molecular flexibility index (Phi) is 4.71. The molecule has 1 atom stereocenters. The molecule has 5 heteroatoms. The minimum atomic E-state index is -0.587. The maximum absolute atomic E-state index is 11.9. The Morgan fingerprint density at radius 3 is 2.39 bits per heavy atom. The van der Waals surface area contributed by atoms with Crippen molar-refractivity contribution in [3.05, 3.63) is 29.8 Å². The highest BCUT2D eigenvalue weighted by Gasteiger charge is 2.22. The van der Waals surface area contributed by atoms with Crippen LogP contribution in [-0.2, 0) is 20.7 Å². The van der Waals surface area contributed by atoms with Gasteiger partial charge >= 0.3 is 5.97 Å². The molecule has 0 heterocycles. The monoisotopic (exact) mass is 250 g/mol. The number of benzene rings is 1. The number of carbonyl (C=O) groups excluding carboxylic acids is 2. The topological polar surface area (TPSA) is 72.6 Å². The zero-order valence-corrected chi connectivity index (χ0v) is 10.8. The van der Waals surface area contributed by atoms with Gasteiger partial charge in [0.25, 0.3) is 0 Å². The molecule has 0 bridgehead atoms. The number of amides is 1. The van der Waals surface area contributed by atoms with E-state index in [1.54, 1.807) is 38.2 Å². The van der Waals surface area contributed by atoms with Crippen molar-refractivity contribution < 1.29 is 14.3 Å². The maximum atomic E-state index is 11.9. The first kappa shape index (κ1) is 14.0. The predicted molar refractivity (Wildman–Crippen MR) is 68.8 cm³/mol. The summed E-state index contributed by atoms with van der Waals surface area (Å²) in [7, 11) is 2.89. The molecule has 0 aromatic heterocycles. The number of nitrogen functional groups attached to an aromatic ring is 1. The summed E-state index contributed by atoms with van der Waals surface area (Å²) in [6.07, 6.45) is 0.234. The molecule has 98 valence electrons. The molecular formula is C13H18N2O3. The highest BCUT2D eigenvalue weighted by molar-refractivity contribution is 5.85. The third-order valence-electron chi connectivity index (χ3n) is 2.85. The lowest BCUT2D eigenvalue weighted by Gasteiger charge is -2.22. The molecule has 0 saturated carbocycles. The summed E-state index contributed by atoms with van der Waals surface area (Å²) in [5, 5.41) is 0. The first-order chi connectivity index (χ1) is 8.45. The summed E-state index contributed by atoms with van der Waals surface area (Å²) in [6, 6.07) is 6.49. The van der Waals surface area contributed by atoms with Crippen LogP contribution >= 0.6 is 0 Å². The van der Waals surface area contributed by atoms with Crippen LogP contribution in [0.1, 0.15) is 12.5 Å². The highest BCUT2D eigenvalue weighted by atomic mass is 16.5. The minimum Gasteiger partial charge on any atom is -0.467 e. The average molecular weight is 250 g/mol. The van der Waals surface area contributed by atoms with Gasteiger partial charge in [0.2, 0.25) is 5.91 Å². The smallest absolute Gasteiger partial charge is 0.328 e. The zero-order chi connectivity index (χ0) is 13.7. The number of hydrogen-bond donors (Lipinski definition) is 1. The van der Waals surface area contributed by atoms with E-state index in [9.17, 15) is 9.59 Å². The number of hydrogen-bond acceptors (Lipinski definition) is 4. The molecule has 0 spiro atoms. The molecule has 1 unspecified atom stereocenters. The summed E-state index contributed by atoms with van der Waals surface area (Å²) in [5.41, 5.74) is 7.08. The van der Waals surface area contributed by atoms with E-state index in [1.807, 2.05) is 0 Å². The number of esters is 1. The Morgan fingerprint density at radius 2 is 1.89 bits per heavy atom. The van der Waals surface area contributed by atoms with Crippen LogP contribution in [0.25, 0.3) is 0 Å². The Hall–Kier alpha value is -2.04. The van der Waals surface area contributed by atoms with Crippen molar-refractivity contribution in [1.82, 2.24) is 4.90 Å². The van der Waals surface area contributed by atoms with Gasteiger partial charge < -0.3 is 15.4 Å². The highest BCUT2D eigenvalue weighted by Crippen LogP contribution is 2.08. The molecule has 18 heavy (non-hydrogen) atoms. The first-order valence-electron chi connectivity index (χ1n) is 5.63. The van der Waals surface area contributed by atoms with Gasteiger partial charge in [-0.05, 0) is 24.6 Å². The second-order valence-electron chi connectivity index (χ2n) is 4.12. The molecule has 0 aliphatic heterocycles. The predicted octanol–water partition coefficient (Wildman–Crippen LogP) is 0.831. The van der Waals surface area contributed by atoms with Gasteiger partial charge in [-0.15, -0.1) is 0 Å². The van der Waals surface area contributed by atoms with Crippen LogP contribution in [0.3, 0.4) is 0 Å². The lowest BCUT2D eigenvalue weighted by molar-refractivity contribution is -0.150. The van der Waals surface area contributed by atoms with Crippen LogP contribution in [-0.4, -0.2) is 37.0 Å². The van der Waals surface area contributed by atoms with Gasteiger partial charge in [0.15, 0.2) is 0 Å². The van der Waals surface area contributed by atoms with E-state index in [1.165, 1.54) is 12.0 Å². The molecule has 1 aromatic rings. The fourth-order valence-electron chi connectivity index (χ4n) is 1.48. The number of anilines is 1. The van der Waals surface area contributed by atoms with Crippen molar-refractivity contribution in [3.63, 3.8) is 0 Å². The SMILES string of the molecule is COC(=O)C(C)N(C)C(=O)Cc1ccc(N)cc1. The molecule has 1 aromatic carbocycles. The molecule has 0 aliphatic rings. The van der Waals surface area contributed by atoms with Crippen LogP contribution in [0, 0.1) is 0 Å².